The maximum atomic E-state index is 4.61. The quantitative estimate of drug-likeness (QED) is 0.868. The van der Waals surface area contributed by atoms with Crippen molar-refractivity contribution in [2.24, 2.45) is 0 Å². The van der Waals surface area contributed by atoms with E-state index in [0.29, 0.717) is 11.9 Å². The molecular weight excluding hydrogens is 258 g/mol. The molecule has 1 N–H and O–H groups in total. The summed E-state index contributed by atoms with van der Waals surface area (Å²) in [4.78, 5) is 9.10. The standard InChI is InChI=1S/C18H25N3/c1-6-15-7-9-16(10-8-15)14(5)20-18-19-13(4)11-17(21-18)12(2)3/h7-12,14H,6H2,1-5H3,(H,19,20,21). The molecule has 0 saturated heterocycles. The SMILES string of the molecule is CCc1ccc(C(C)Nc2nc(C)cc(C(C)C)n2)cc1. The van der Waals surface area contributed by atoms with Crippen LogP contribution < -0.4 is 5.32 Å². The van der Waals surface area contributed by atoms with Crippen LogP contribution in [0.25, 0.3) is 0 Å². The van der Waals surface area contributed by atoms with Gasteiger partial charge in [-0.25, -0.2) is 9.97 Å². The van der Waals surface area contributed by atoms with Gasteiger partial charge in [0.1, 0.15) is 0 Å². The van der Waals surface area contributed by atoms with Crippen molar-refractivity contribution < 1.29 is 0 Å². The summed E-state index contributed by atoms with van der Waals surface area (Å²) in [5, 5.41) is 3.41. The smallest absolute Gasteiger partial charge is 0.223 e. The summed E-state index contributed by atoms with van der Waals surface area (Å²) < 4.78 is 0. The molecule has 21 heavy (non-hydrogen) atoms. The summed E-state index contributed by atoms with van der Waals surface area (Å²) in [5.41, 5.74) is 4.70. The lowest BCUT2D eigenvalue weighted by Crippen LogP contribution is -2.11. The highest BCUT2D eigenvalue weighted by molar-refractivity contribution is 5.35. The highest BCUT2D eigenvalue weighted by Crippen LogP contribution is 2.20. The Morgan fingerprint density at radius 2 is 1.71 bits per heavy atom. The zero-order valence-corrected chi connectivity index (χ0v) is 13.6. The lowest BCUT2D eigenvalue weighted by Gasteiger charge is -2.16. The summed E-state index contributed by atoms with van der Waals surface area (Å²) in [6.45, 7) is 10.6. The van der Waals surface area contributed by atoms with Crippen LogP contribution in [0.2, 0.25) is 0 Å². The van der Waals surface area contributed by atoms with Crippen LogP contribution in [-0.2, 0) is 6.42 Å². The van der Waals surface area contributed by atoms with Crippen LogP contribution in [0.3, 0.4) is 0 Å². The van der Waals surface area contributed by atoms with Crippen molar-refractivity contribution in [3.05, 3.63) is 52.8 Å². The first-order valence-electron chi connectivity index (χ1n) is 7.70. The monoisotopic (exact) mass is 283 g/mol. The van der Waals surface area contributed by atoms with Crippen molar-refractivity contribution in [1.82, 2.24) is 9.97 Å². The maximum absolute atomic E-state index is 4.61. The number of aromatic nitrogens is 2. The maximum Gasteiger partial charge on any atom is 0.223 e. The van der Waals surface area contributed by atoms with Crippen LogP contribution >= 0.6 is 0 Å². The molecule has 3 heteroatoms. The van der Waals surface area contributed by atoms with Crippen molar-refractivity contribution in [2.45, 2.75) is 53.0 Å². The third-order valence-electron chi connectivity index (χ3n) is 3.70. The molecule has 0 amide bonds. The molecule has 2 rings (SSSR count). The van der Waals surface area contributed by atoms with Crippen molar-refractivity contribution in [3.8, 4) is 0 Å². The van der Waals surface area contributed by atoms with E-state index in [1.807, 2.05) is 6.92 Å². The topological polar surface area (TPSA) is 37.8 Å². The van der Waals surface area contributed by atoms with Gasteiger partial charge in [0.15, 0.2) is 0 Å². The average molecular weight is 283 g/mol. The molecule has 1 aromatic carbocycles. The Kier molecular flexibility index (Phi) is 4.94. The minimum absolute atomic E-state index is 0.192. The Morgan fingerprint density at radius 1 is 1.05 bits per heavy atom. The number of hydrogen-bond donors (Lipinski definition) is 1. The van der Waals surface area contributed by atoms with Gasteiger partial charge in [-0.15, -0.1) is 0 Å². The molecule has 112 valence electrons. The van der Waals surface area contributed by atoms with Gasteiger partial charge in [-0.1, -0.05) is 45.0 Å². The lowest BCUT2D eigenvalue weighted by atomic mass is 10.1. The van der Waals surface area contributed by atoms with E-state index in [1.165, 1.54) is 11.1 Å². The van der Waals surface area contributed by atoms with Gasteiger partial charge in [0.05, 0.1) is 6.04 Å². The van der Waals surface area contributed by atoms with Crippen LogP contribution in [0.5, 0.6) is 0 Å². The lowest BCUT2D eigenvalue weighted by molar-refractivity contribution is 0.793. The third-order valence-corrected chi connectivity index (χ3v) is 3.70. The van der Waals surface area contributed by atoms with E-state index in [1.54, 1.807) is 0 Å². The average Bonchev–Trinajstić information content (AvgIpc) is 2.46. The predicted octanol–water partition coefficient (Wildman–Crippen LogP) is 4.64. The van der Waals surface area contributed by atoms with Gasteiger partial charge in [-0.2, -0.15) is 0 Å². The number of hydrogen-bond acceptors (Lipinski definition) is 3. The van der Waals surface area contributed by atoms with E-state index >= 15 is 0 Å². The molecule has 0 fully saturated rings. The largest absolute Gasteiger partial charge is 0.348 e. The second-order valence-corrected chi connectivity index (χ2v) is 5.87. The molecule has 3 nitrogen and oxygen atoms in total. The van der Waals surface area contributed by atoms with E-state index < -0.39 is 0 Å². The Bertz CT molecular complexity index is 588. The summed E-state index contributed by atoms with van der Waals surface area (Å²) >= 11 is 0. The minimum atomic E-state index is 0.192. The molecule has 1 atom stereocenters. The number of nitrogens with one attached hydrogen (secondary N) is 1. The summed E-state index contributed by atoms with van der Waals surface area (Å²) in [6.07, 6.45) is 1.07. The fraction of sp³-hybridized carbons (Fsp3) is 0.444. The zero-order chi connectivity index (χ0) is 15.4. The number of benzene rings is 1. The second-order valence-electron chi connectivity index (χ2n) is 5.87. The number of nitrogens with zero attached hydrogens (tertiary/aromatic N) is 2. The number of aryl methyl sites for hydroxylation is 2. The molecule has 0 aliphatic heterocycles. The van der Waals surface area contributed by atoms with Gasteiger partial charge >= 0.3 is 0 Å². The normalized spacial score (nSPS) is 12.5. The molecule has 0 bridgehead atoms. The second kappa shape index (κ2) is 6.70. The van der Waals surface area contributed by atoms with Gasteiger partial charge in [0, 0.05) is 11.4 Å². The van der Waals surface area contributed by atoms with E-state index in [0.717, 1.165) is 17.8 Å². The third kappa shape index (κ3) is 4.03. The molecular formula is C18H25N3. The predicted molar refractivity (Wildman–Crippen MR) is 88.7 cm³/mol. The Hall–Kier alpha value is -1.90. The molecule has 1 heterocycles. The van der Waals surface area contributed by atoms with Crippen molar-refractivity contribution in [3.63, 3.8) is 0 Å². The first kappa shape index (κ1) is 15.5. The fourth-order valence-corrected chi connectivity index (χ4v) is 2.27. The summed E-state index contributed by atoms with van der Waals surface area (Å²) in [6, 6.07) is 11.0. The molecule has 1 unspecified atom stereocenters. The van der Waals surface area contributed by atoms with Crippen molar-refractivity contribution in [1.29, 1.82) is 0 Å². The molecule has 0 aliphatic carbocycles. The first-order valence-corrected chi connectivity index (χ1v) is 7.70. The van der Waals surface area contributed by atoms with E-state index in [9.17, 15) is 0 Å². The van der Waals surface area contributed by atoms with Crippen molar-refractivity contribution in [2.75, 3.05) is 5.32 Å². The minimum Gasteiger partial charge on any atom is -0.348 e. The van der Waals surface area contributed by atoms with Crippen molar-refractivity contribution >= 4 is 5.95 Å². The van der Waals surface area contributed by atoms with Crippen LogP contribution in [0.1, 0.15) is 62.2 Å². The molecule has 0 spiro atoms. The van der Waals surface area contributed by atoms with Gasteiger partial charge in [-0.3, -0.25) is 0 Å². The summed E-state index contributed by atoms with van der Waals surface area (Å²) in [7, 11) is 0. The molecule has 0 radical (unpaired) electrons. The van der Waals surface area contributed by atoms with Crippen LogP contribution in [0, 0.1) is 6.92 Å². The Balaban J connectivity index is 2.16. The Morgan fingerprint density at radius 3 is 2.29 bits per heavy atom. The number of anilines is 1. The Labute approximate surface area is 127 Å². The molecule has 1 aromatic heterocycles. The van der Waals surface area contributed by atoms with Gasteiger partial charge < -0.3 is 5.32 Å². The molecule has 0 aliphatic rings. The highest BCUT2D eigenvalue weighted by Gasteiger charge is 2.10. The first-order chi connectivity index (χ1) is 9.99. The summed E-state index contributed by atoms with van der Waals surface area (Å²) in [5.74, 6) is 1.12. The fourth-order valence-electron chi connectivity index (χ4n) is 2.27. The van der Waals surface area contributed by atoms with Crippen LogP contribution in [0.4, 0.5) is 5.95 Å². The zero-order valence-electron chi connectivity index (χ0n) is 13.6. The van der Waals surface area contributed by atoms with Crippen LogP contribution in [0.15, 0.2) is 30.3 Å². The molecule has 2 aromatic rings. The highest BCUT2D eigenvalue weighted by atomic mass is 15.1. The van der Waals surface area contributed by atoms with Gasteiger partial charge in [0.25, 0.3) is 0 Å². The van der Waals surface area contributed by atoms with E-state index in [2.05, 4.69) is 73.3 Å². The van der Waals surface area contributed by atoms with Gasteiger partial charge in [-0.05, 0) is 43.4 Å². The van der Waals surface area contributed by atoms with E-state index in [-0.39, 0.29) is 6.04 Å². The molecule has 0 saturated carbocycles. The number of rotatable bonds is 5. The van der Waals surface area contributed by atoms with Crippen LogP contribution in [-0.4, -0.2) is 9.97 Å². The van der Waals surface area contributed by atoms with Gasteiger partial charge in [0.2, 0.25) is 5.95 Å². The van der Waals surface area contributed by atoms with E-state index in [4.69, 9.17) is 0 Å².